The summed E-state index contributed by atoms with van der Waals surface area (Å²) >= 11 is 0.926. The highest BCUT2D eigenvalue weighted by Crippen LogP contribution is 2.10. The molecule has 0 saturated carbocycles. The summed E-state index contributed by atoms with van der Waals surface area (Å²) in [5.41, 5.74) is 10.2. The maximum Gasteiger partial charge on any atom is 0.233 e. The molecule has 1 aliphatic rings. The summed E-state index contributed by atoms with van der Waals surface area (Å²) in [6.07, 6.45) is 1.15. The van der Waals surface area contributed by atoms with Crippen molar-refractivity contribution in [2.24, 2.45) is 16.5 Å². The van der Waals surface area contributed by atoms with E-state index in [0.717, 1.165) is 18.0 Å². The van der Waals surface area contributed by atoms with Crippen molar-refractivity contribution in [3.05, 3.63) is 0 Å². The SMILES string of the molecule is CS(=O)(=O)N1CCN(C(=O)CSC(=N)N=C(N)N)CC1. The Morgan fingerprint density at radius 1 is 1.30 bits per heavy atom. The van der Waals surface area contributed by atoms with Crippen molar-refractivity contribution in [2.75, 3.05) is 38.2 Å². The molecular weight excluding hydrogens is 304 g/mol. The van der Waals surface area contributed by atoms with Gasteiger partial charge >= 0.3 is 0 Å². The summed E-state index contributed by atoms with van der Waals surface area (Å²) < 4.78 is 24.0. The minimum atomic E-state index is -3.20. The van der Waals surface area contributed by atoms with Gasteiger partial charge in [0, 0.05) is 26.2 Å². The molecule has 1 fully saturated rings. The molecule has 1 heterocycles. The summed E-state index contributed by atoms with van der Waals surface area (Å²) in [6, 6.07) is 0. The van der Waals surface area contributed by atoms with Crippen LogP contribution in [0.2, 0.25) is 0 Å². The number of hydrogen-bond donors (Lipinski definition) is 3. The molecule has 0 aromatic rings. The largest absolute Gasteiger partial charge is 0.370 e. The first-order chi connectivity index (χ1) is 9.20. The predicted molar refractivity (Wildman–Crippen MR) is 79.0 cm³/mol. The number of nitrogens with two attached hydrogens (primary N) is 2. The quantitative estimate of drug-likeness (QED) is 0.406. The molecule has 0 aromatic heterocycles. The molecule has 9 nitrogen and oxygen atoms in total. The number of piperazine rings is 1. The molecule has 5 N–H and O–H groups in total. The molecule has 1 amide bonds. The number of amidine groups is 1. The predicted octanol–water partition coefficient (Wildman–Crippen LogP) is -1.97. The van der Waals surface area contributed by atoms with Gasteiger partial charge in [0.05, 0.1) is 12.0 Å². The molecule has 11 heteroatoms. The second-order valence-electron chi connectivity index (χ2n) is 4.17. The Balaban J connectivity index is 2.40. The van der Waals surface area contributed by atoms with Crippen LogP contribution >= 0.6 is 11.8 Å². The zero-order valence-corrected chi connectivity index (χ0v) is 12.7. The molecule has 1 rings (SSSR count). The molecule has 0 aromatic carbocycles. The van der Waals surface area contributed by atoms with Gasteiger partial charge < -0.3 is 16.4 Å². The van der Waals surface area contributed by atoms with Gasteiger partial charge in [0.1, 0.15) is 0 Å². The van der Waals surface area contributed by atoms with Gasteiger partial charge in [-0.15, -0.1) is 0 Å². The third kappa shape index (κ3) is 5.35. The van der Waals surface area contributed by atoms with Crippen LogP contribution in [0.5, 0.6) is 0 Å². The average molecular weight is 322 g/mol. The van der Waals surface area contributed by atoms with Crippen LogP contribution in [0.15, 0.2) is 4.99 Å². The number of carbonyl (C=O) groups is 1. The first-order valence-corrected chi connectivity index (χ1v) is 8.57. The van der Waals surface area contributed by atoms with Crippen LogP contribution in [0.1, 0.15) is 0 Å². The van der Waals surface area contributed by atoms with Gasteiger partial charge in [-0.2, -0.15) is 9.30 Å². The fourth-order valence-electron chi connectivity index (χ4n) is 1.64. The van der Waals surface area contributed by atoms with Crippen LogP contribution < -0.4 is 11.5 Å². The minimum Gasteiger partial charge on any atom is -0.370 e. The molecule has 20 heavy (non-hydrogen) atoms. The highest BCUT2D eigenvalue weighted by Gasteiger charge is 2.25. The molecule has 114 valence electrons. The number of sulfonamides is 1. The monoisotopic (exact) mass is 322 g/mol. The van der Waals surface area contributed by atoms with E-state index < -0.39 is 10.0 Å². The number of carbonyl (C=O) groups excluding carboxylic acids is 1. The third-order valence-corrected chi connectivity index (χ3v) is 4.68. The smallest absolute Gasteiger partial charge is 0.233 e. The van der Waals surface area contributed by atoms with Crippen LogP contribution in [0.25, 0.3) is 0 Å². The van der Waals surface area contributed by atoms with Gasteiger partial charge in [-0.3, -0.25) is 10.2 Å². The Morgan fingerprint density at radius 3 is 2.30 bits per heavy atom. The van der Waals surface area contributed by atoms with Crippen molar-refractivity contribution in [1.82, 2.24) is 9.21 Å². The maximum absolute atomic E-state index is 11.9. The van der Waals surface area contributed by atoms with E-state index in [-0.39, 0.29) is 22.8 Å². The minimum absolute atomic E-state index is 0.0501. The van der Waals surface area contributed by atoms with Gasteiger partial charge in [0.15, 0.2) is 11.1 Å². The molecule has 0 radical (unpaired) electrons. The molecule has 0 bridgehead atoms. The van der Waals surface area contributed by atoms with Crippen molar-refractivity contribution in [3.63, 3.8) is 0 Å². The fourth-order valence-corrected chi connectivity index (χ4v) is 3.08. The lowest BCUT2D eigenvalue weighted by molar-refractivity contribution is -0.129. The maximum atomic E-state index is 11.9. The van der Waals surface area contributed by atoms with E-state index in [1.165, 1.54) is 4.31 Å². The molecule has 1 saturated heterocycles. The van der Waals surface area contributed by atoms with E-state index in [4.69, 9.17) is 16.9 Å². The normalized spacial score (nSPS) is 16.8. The van der Waals surface area contributed by atoms with E-state index in [1.54, 1.807) is 4.90 Å². The number of rotatable bonds is 3. The van der Waals surface area contributed by atoms with Crippen LogP contribution in [-0.2, 0) is 14.8 Å². The van der Waals surface area contributed by atoms with E-state index in [1.807, 2.05) is 0 Å². The summed E-state index contributed by atoms with van der Waals surface area (Å²) in [7, 11) is -3.20. The Labute approximate surface area is 121 Å². The van der Waals surface area contributed by atoms with Gasteiger partial charge in [-0.05, 0) is 0 Å². The molecule has 1 aliphatic heterocycles. The Kier molecular flexibility index (Phi) is 5.77. The second-order valence-corrected chi connectivity index (χ2v) is 7.12. The second kappa shape index (κ2) is 6.90. The van der Waals surface area contributed by atoms with Gasteiger partial charge in [0.2, 0.25) is 15.9 Å². The number of thioether (sulfide) groups is 1. The molecular formula is C9H18N6O3S2. The van der Waals surface area contributed by atoms with Crippen LogP contribution in [-0.4, -0.2) is 72.8 Å². The average Bonchev–Trinajstić information content (AvgIpc) is 2.34. The lowest BCUT2D eigenvalue weighted by Gasteiger charge is -2.33. The summed E-state index contributed by atoms with van der Waals surface area (Å²) in [5.74, 6) is -0.343. The number of guanidine groups is 1. The summed E-state index contributed by atoms with van der Waals surface area (Å²) in [6.45, 7) is 1.28. The summed E-state index contributed by atoms with van der Waals surface area (Å²) in [5, 5.41) is 7.27. The third-order valence-electron chi connectivity index (χ3n) is 2.62. The van der Waals surface area contributed by atoms with Gasteiger partial charge in [-0.25, -0.2) is 8.42 Å². The zero-order valence-electron chi connectivity index (χ0n) is 11.1. The first-order valence-electron chi connectivity index (χ1n) is 5.74. The van der Waals surface area contributed by atoms with Crippen molar-refractivity contribution in [3.8, 4) is 0 Å². The fraction of sp³-hybridized carbons (Fsp3) is 0.667. The van der Waals surface area contributed by atoms with E-state index in [0.29, 0.717) is 26.2 Å². The number of nitrogens with one attached hydrogen (secondary N) is 1. The standard InChI is InChI=1S/C9H18N6O3S2/c1-20(17,18)15-4-2-14(3-5-15)7(16)6-19-9(12)13-8(10)11/h2-6H2,1H3,(H5,10,11,12,13). The van der Waals surface area contributed by atoms with E-state index in [2.05, 4.69) is 4.99 Å². The molecule has 0 atom stereocenters. The Hall–Kier alpha value is -1.33. The van der Waals surface area contributed by atoms with Crippen LogP contribution in [0.3, 0.4) is 0 Å². The van der Waals surface area contributed by atoms with Crippen molar-refractivity contribution in [2.45, 2.75) is 0 Å². The topological polar surface area (TPSA) is 146 Å². The van der Waals surface area contributed by atoms with Crippen molar-refractivity contribution >= 4 is 38.8 Å². The van der Waals surface area contributed by atoms with Gasteiger partial charge in [0.25, 0.3) is 0 Å². The first kappa shape index (κ1) is 16.7. The summed E-state index contributed by atoms with van der Waals surface area (Å²) in [4.78, 5) is 16.9. The Bertz CT molecular complexity index is 506. The van der Waals surface area contributed by atoms with Crippen LogP contribution in [0, 0.1) is 5.41 Å². The number of aliphatic imine (C=N–C) groups is 1. The van der Waals surface area contributed by atoms with E-state index in [9.17, 15) is 13.2 Å². The Morgan fingerprint density at radius 2 is 1.85 bits per heavy atom. The van der Waals surface area contributed by atoms with Crippen molar-refractivity contribution < 1.29 is 13.2 Å². The zero-order chi connectivity index (χ0) is 15.3. The highest BCUT2D eigenvalue weighted by atomic mass is 32.2. The lowest BCUT2D eigenvalue weighted by atomic mass is 10.3. The number of amides is 1. The molecule has 0 spiro atoms. The number of nitrogens with zero attached hydrogens (tertiary/aromatic N) is 3. The van der Waals surface area contributed by atoms with Crippen LogP contribution in [0.4, 0.5) is 0 Å². The van der Waals surface area contributed by atoms with Gasteiger partial charge in [-0.1, -0.05) is 11.8 Å². The van der Waals surface area contributed by atoms with Crippen molar-refractivity contribution in [1.29, 1.82) is 5.41 Å². The lowest BCUT2D eigenvalue weighted by Crippen LogP contribution is -2.50. The number of hydrogen-bond acceptors (Lipinski definition) is 5. The van der Waals surface area contributed by atoms with E-state index >= 15 is 0 Å². The molecule has 0 aliphatic carbocycles. The highest BCUT2D eigenvalue weighted by molar-refractivity contribution is 8.14. The molecule has 0 unspecified atom stereocenters.